The number of nitrogens with one attached hydrogen (secondary N) is 1. The molecule has 0 radical (unpaired) electrons. The molecule has 3 rings (SSSR count). The van der Waals surface area contributed by atoms with Gasteiger partial charge in [-0.25, -0.2) is 4.68 Å². The van der Waals surface area contributed by atoms with Gasteiger partial charge in [-0.1, -0.05) is 36.4 Å². The van der Waals surface area contributed by atoms with Crippen LogP contribution in [0.25, 0.3) is 5.69 Å². The van der Waals surface area contributed by atoms with E-state index < -0.39 is 23.8 Å². The van der Waals surface area contributed by atoms with Gasteiger partial charge < -0.3 is 10.1 Å². The van der Waals surface area contributed by atoms with Crippen molar-refractivity contribution in [1.82, 2.24) is 15.1 Å². The first-order valence-electron chi connectivity index (χ1n) is 8.95. The van der Waals surface area contributed by atoms with Crippen molar-refractivity contribution < 1.29 is 27.5 Å². The van der Waals surface area contributed by atoms with Gasteiger partial charge in [0.2, 0.25) is 0 Å². The summed E-state index contributed by atoms with van der Waals surface area (Å²) in [6.07, 6.45) is -4.86. The number of Topliss-reactive ketones (excluding diaryl/α,β-unsaturated/α-hetero) is 1. The van der Waals surface area contributed by atoms with Gasteiger partial charge in [0.1, 0.15) is 5.75 Å². The van der Waals surface area contributed by atoms with Crippen LogP contribution in [0.4, 0.5) is 13.2 Å². The molecule has 6 nitrogen and oxygen atoms in total. The Morgan fingerprint density at radius 1 is 1.03 bits per heavy atom. The third kappa shape index (κ3) is 4.68. The molecule has 1 aromatic heterocycles. The number of nitrogens with zero attached hydrogens (tertiary/aromatic N) is 2. The molecule has 0 aliphatic carbocycles. The molecule has 1 amide bonds. The molecule has 0 fully saturated rings. The van der Waals surface area contributed by atoms with Crippen LogP contribution >= 0.6 is 0 Å². The van der Waals surface area contributed by atoms with Crippen molar-refractivity contribution >= 4 is 11.7 Å². The molecule has 2 aromatic carbocycles. The molecule has 0 aliphatic heterocycles. The maximum atomic E-state index is 12.7. The van der Waals surface area contributed by atoms with E-state index in [0.717, 1.165) is 11.8 Å². The largest absolute Gasteiger partial charge is 0.573 e. The summed E-state index contributed by atoms with van der Waals surface area (Å²) < 4.78 is 43.1. The Kier molecular flexibility index (Phi) is 5.91. The molecule has 9 heteroatoms. The summed E-state index contributed by atoms with van der Waals surface area (Å²) in [6, 6.07) is 14.5. The number of halogens is 3. The molecule has 0 atom stereocenters. The van der Waals surface area contributed by atoms with Gasteiger partial charge in [0.05, 0.1) is 22.6 Å². The van der Waals surface area contributed by atoms with Gasteiger partial charge in [-0.05, 0) is 32.0 Å². The Balaban J connectivity index is 1.77. The third-order valence-electron chi connectivity index (χ3n) is 4.36. The van der Waals surface area contributed by atoms with Gasteiger partial charge in [0, 0.05) is 12.1 Å². The molecular weight excluding hydrogens is 399 g/mol. The van der Waals surface area contributed by atoms with Crippen molar-refractivity contribution in [3.05, 3.63) is 77.1 Å². The number of aromatic nitrogens is 2. The van der Waals surface area contributed by atoms with E-state index >= 15 is 0 Å². The molecule has 0 saturated heterocycles. The average molecular weight is 417 g/mol. The summed E-state index contributed by atoms with van der Waals surface area (Å²) in [7, 11) is 0. The highest BCUT2D eigenvalue weighted by Crippen LogP contribution is 2.26. The first-order chi connectivity index (χ1) is 14.2. The molecule has 0 spiro atoms. The van der Waals surface area contributed by atoms with E-state index in [0.29, 0.717) is 11.4 Å². The first-order valence-corrected chi connectivity index (χ1v) is 8.95. The molecule has 3 aromatic rings. The van der Waals surface area contributed by atoms with Gasteiger partial charge in [0.25, 0.3) is 11.7 Å². The summed E-state index contributed by atoms with van der Waals surface area (Å²) in [5, 5.41) is 6.68. The molecule has 30 heavy (non-hydrogen) atoms. The van der Waals surface area contributed by atoms with Crippen LogP contribution in [0.15, 0.2) is 54.6 Å². The number of rotatable bonds is 6. The topological polar surface area (TPSA) is 73.2 Å². The Morgan fingerprint density at radius 3 is 2.33 bits per heavy atom. The minimum atomic E-state index is -4.86. The van der Waals surface area contributed by atoms with Gasteiger partial charge in [-0.15, -0.1) is 13.2 Å². The number of carbonyl (C=O) groups is 2. The number of hydrogen-bond donors (Lipinski definition) is 1. The Morgan fingerprint density at radius 2 is 1.67 bits per heavy atom. The van der Waals surface area contributed by atoms with Crippen LogP contribution in [0.3, 0.4) is 0 Å². The molecule has 1 N–H and O–H groups in total. The van der Waals surface area contributed by atoms with E-state index in [1.807, 2.05) is 30.3 Å². The van der Waals surface area contributed by atoms with E-state index in [4.69, 9.17) is 0 Å². The van der Waals surface area contributed by atoms with Gasteiger partial charge in [0.15, 0.2) is 0 Å². The number of carbonyl (C=O) groups excluding carboxylic acids is 2. The smallest absolute Gasteiger partial charge is 0.405 e. The van der Waals surface area contributed by atoms with Crippen molar-refractivity contribution in [2.45, 2.75) is 26.8 Å². The molecular formula is C21H18F3N3O3. The van der Waals surface area contributed by atoms with E-state index in [-0.39, 0.29) is 17.7 Å². The number of benzene rings is 2. The van der Waals surface area contributed by atoms with Gasteiger partial charge in [-0.2, -0.15) is 5.10 Å². The number of ketones is 1. The highest BCUT2D eigenvalue weighted by molar-refractivity contribution is 6.43. The SMILES string of the molecule is Cc1nn(-c2ccccc2)c(C)c1C(=O)C(=O)NCc1ccccc1OC(F)(F)F. The number of alkyl halides is 3. The normalized spacial score (nSPS) is 11.2. The lowest BCUT2D eigenvalue weighted by atomic mass is 10.1. The fourth-order valence-corrected chi connectivity index (χ4v) is 3.04. The van der Waals surface area contributed by atoms with E-state index in [9.17, 15) is 22.8 Å². The van der Waals surface area contributed by atoms with E-state index in [1.54, 1.807) is 18.5 Å². The molecule has 1 heterocycles. The molecule has 0 saturated carbocycles. The summed E-state index contributed by atoms with van der Waals surface area (Å²) >= 11 is 0. The van der Waals surface area contributed by atoms with Gasteiger partial charge >= 0.3 is 6.36 Å². The first kappa shape index (κ1) is 21.1. The third-order valence-corrected chi connectivity index (χ3v) is 4.36. The van der Waals surface area contributed by atoms with Crippen molar-refractivity contribution in [3.8, 4) is 11.4 Å². The maximum absolute atomic E-state index is 12.7. The summed E-state index contributed by atoms with van der Waals surface area (Å²) in [4.78, 5) is 25.1. The van der Waals surface area contributed by atoms with E-state index in [1.165, 1.54) is 18.2 Å². The van der Waals surface area contributed by atoms with Crippen molar-refractivity contribution in [3.63, 3.8) is 0 Å². The fourth-order valence-electron chi connectivity index (χ4n) is 3.04. The van der Waals surface area contributed by atoms with Gasteiger partial charge in [-0.3, -0.25) is 9.59 Å². The zero-order valence-electron chi connectivity index (χ0n) is 16.2. The number of para-hydroxylation sites is 2. The van der Waals surface area contributed by atoms with Crippen LogP contribution in [0.1, 0.15) is 27.3 Å². The summed E-state index contributed by atoms with van der Waals surface area (Å²) in [5.41, 5.74) is 1.83. The second-order valence-corrected chi connectivity index (χ2v) is 6.46. The Labute approximate surface area is 170 Å². The lowest BCUT2D eigenvalue weighted by Crippen LogP contribution is -2.31. The highest BCUT2D eigenvalue weighted by Gasteiger charge is 2.32. The summed E-state index contributed by atoms with van der Waals surface area (Å²) in [6.45, 7) is 2.97. The summed E-state index contributed by atoms with van der Waals surface area (Å²) in [5.74, 6) is -2.21. The Bertz CT molecular complexity index is 1080. The quantitative estimate of drug-likeness (QED) is 0.488. The second kappa shape index (κ2) is 8.40. The second-order valence-electron chi connectivity index (χ2n) is 6.46. The monoisotopic (exact) mass is 417 g/mol. The predicted molar refractivity (Wildman–Crippen MR) is 102 cm³/mol. The average Bonchev–Trinajstić information content (AvgIpc) is 3.00. The number of hydrogen-bond acceptors (Lipinski definition) is 4. The highest BCUT2D eigenvalue weighted by atomic mass is 19.4. The molecule has 0 unspecified atom stereocenters. The molecule has 0 bridgehead atoms. The van der Waals surface area contributed by atoms with Crippen LogP contribution in [0.5, 0.6) is 5.75 Å². The minimum Gasteiger partial charge on any atom is -0.405 e. The van der Waals surface area contributed by atoms with Crippen molar-refractivity contribution in [2.75, 3.05) is 0 Å². The predicted octanol–water partition coefficient (Wildman–Crippen LogP) is 3.89. The maximum Gasteiger partial charge on any atom is 0.573 e. The zero-order valence-corrected chi connectivity index (χ0v) is 16.2. The number of amides is 1. The zero-order chi connectivity index (χ0) is 21.9. The van der Waals surface area contributed by atoms with Crippen LogP contribution in [0, 0.1) is 13.8 Å². The standard InChI is InChI=1S/C21H18F3N3O3/c1-13-18(14(2)27(26-13)16-9-4-3-5-10-16)19(28)20(29)25-12-15-8-6-7-11-17(15)30-21(22,23)24/h3-11H,12H2,1-2H3,(H,25,29). The van der Waals surface area contributed by atoms with Crippen molar-refractivity contribution in [1.29, 1.82) is 0 Å². The number of aryl methyl sites for hydroxylation is 1. The van der Waals surface area contributed by atoms with Crippen molar-refractivity contribution in [2.24, 2.45) is 0 Å². The van der Waals surface area contributed by atoms with Crippen LogP contribution < -0.4 is 10.1 Å². The van der Waals surface area contributed by atoms with E-state index in [2.05, 4.69) is 15.2 Å². The fraction of sp³-hybridized carbons (Fsp3) is 0.190. The lowest BCUT2D eigenvalue weighted by Gasteiger charge is -2.13. The van der Waals surface area contributed by atoms with Crippen LogP contribution in [-0.2, 0) is 11.3 Å². The Hall–Kier alpha value is -3.62. The molecule has 156 valence electrons. The molecule has 0 aliphatic rings. The van der Waals surface area contributed by atoms with Crippen LogP contribution in [-0.4, -0.2) is 27.8 Å². The number of ether oxygens (including phenoxy) is 1. The van der Waals surface area contributed by atoms with Crippen LogP contribution in [0.2, 0.25) is 0 Å². The minimum absolute atomic E-state index is 0.0874. The lowest BCUT2D eigenvalue weighted by molar-refractivity contribution is -0.274.